The summed E-state index contributed by atoms with van der Waals surface area (Å²) in [6.45, 7) is 1.95. The predicted octanol–water partition coefficient (Wildman–Crippen LogP) is 3.12. The smallest absolute Gasteiger partial charge is 0.303 e. The number of carboxylic acids is 1. The van der Waals surface area contributed by atoms with Gasteiger partial charge in [-0.1, -0.05) is 15.9 Å². The van der Waals surface area contributed by atoms with Crippen molar-refractivity contribution in [3.8, 4) is 5.75 Å². The van der Waals surface area contributed by atoms with Crippen molar-refractivity contribution in [1.82, 2.24) is 0 Å². The Morgan fingerprint density at radius 1 is 1.53 bits per heavy atom. The molecule has 0 radical (unpaired) electrons. The average Bonchev–Trinajstić information content (AvgIpc) is 2.25. The average molecular weight is 302 g/mol. The van der Waals surface area contributed by atoms with Gasteiger partial charge in [0.1, 0.15) is 5.75 Å². The Bertz CT molecular complexity index is 395. The molecule has 4 nitrogen and oxygen atoms in total. The van der Waals surface area contributed by atoms with E-state index in [0.29, 0.717) is 6.42 Å². The maximum atomic E-state index is 10.5. The van der Waals surface area contributed by atoms with Crippen molar-refractivity contribution in [2.45, 2.75) is 25.8 Å². The molecule has 0 spiro atoms. The molecule has 0 aliphatic rings. The second-order valence-electron chi connectivity index (χ2n) is 3.86. The van der Waals surface area contributed by atoms with E-state index in [-0.39, 0.29) is 12.5 Å². The van der Waals surface area contributed by atoms with Crippen molar-refractivity contribution in [2.75, 3.05) is 12.4 Å². The van der Waals surface area contributed by atoms with Crippen LogP contribution in [-0.2, 0) is 4.79 Å². The lowest BCUT2D eigenvalue weighted by Gasteiger charge is -2.15. The number of nitrogens with one attached hydrogen (secondary N) is 1. The van der Waals surface area contributed by atoms with Gasteiger partial charge in [0.05, 0.1) is 7.11 Å². The minimum Gasteiger partial charge on any atom is -0.497 e. The number of benzene rings is 1. The molecule has 0 fully saturated rings. The number of carboxylic acid groups (broad SMARTS) is 1. The maximum absolute atomic E-state index is 10.5. The second-order valence-corrected chi connectivity index (χ2v) is 4.77. The van der Waals surface area contributed by atoms with Crippen molar-refractivity contribution in [3.63, 3.8) is 0 Å². The van der Waals surface area contributed by atoms with Crippen molar-refractivity contribution in [1.29, 1.82) is 0 Å². The standard InChI is InChI=1S/C12H16BrNO3/c1-8(3-4-12(15)16)14-10-5-9(13)6-11(7-10)17-2/h5-8,14H,3-4H2,1-2H3,(H,15,16). The molecule has 0 saturated heterocycles. The van der Waals surface area contributed by atoms with Gasteiger partial charge < -0.3 is 15.2 Å². The van der Waals surface area contributed by atoms with Gasteiger partial charge in [0.15, 0.2) is 0 Å². The lowest BCUT2D eigenvalue weighted by atomic mass is 10.1. The molecule has 0 amide bonds. The van der Waals surface area contributed by atoms with Gasteiger partial charge in [-0.15, -0.1) is 0 Å². The fraction of sp³-hybridized carbons (Fsp3) is 0.417. The van der Waals surface area contributed by atoms with E-state index < -0.39 is 5.97 Å². The molecule has 1 aromatic rings. The molecule has 0 saturated carbocycles. The lowest BCUT2D eigenvalue weighted by molar-refractivity contribution is -0.137. The van der Waals surface area contributed by atoms with Crippen LogP contribution < -0.4 is 10.1 Å². The fourth-order valence-corrected chi connectivity index (χ4v) is 1.93. The monoisotopic (exact) mass is 301 g/mol. The zero-order chi connectivity index (χ0) is 12.8. The highest BCUT2D eigenvalue weighted by Crippen LogP contribution is 2.25. The molecule has 0 aliphatic carbocycles. The molecule has 1 atom stereocenters. The zero-order valence-corrected chi connectivity index (χ0v) is 11.5. The first-order chi connectivity index (χ1) is 8.01. The van der Waals surface area contributed by atoms with Crippen molar-refractivity contribution >= 4 is 27.6 Å². The van der Waals surface area contributed by atoms with Crippen LogP contribution in [0.2, 0.25) is 0 Å². The number of carbonyl (C=O) groups is 1. The number of hydrogen-bond donors (Lipinski definition) is 2. The molecule has 17 heavy (non-hydrogen) atoms. The minimum absolute atomic E-state index is 0.102. The Balaban J connectivity index is 2.61. The van der Waals surface area contributed by atoms with Gasteiger partial charge >= 0.3 is 5.97 Å². The molecule has 1 rings (SSSR count). The number of anilines is 1. The Morgan fingerprint density at radius 3 is 2.82 bits per heavy atom. The van der Waals surface area contributed by atoms with E-state index in [4.69, 9.17) is 9.84 Å². The fourth-order valence-electron chi connectivity index (χ4n) is 1.46. The van der Waals surface area contributed by atoms with Crippen LogP contribution >= 0.6 is 15.9 Å². The van der Waals surface area contributed by atoms with E-state index in [1.807, 2.05) is 25.1 Å². The molecular weight excluding hydrogens is 286 g/mol. The van der Waals surface area contributed by atoms with E-state index in [1.165, 1.54) is 0 Å². The third-order valence-corrected chi connectivity index (χ3v) is 2.77. The summed E-state index contributed by atoms with van der Waals surface area (Å²) in [5.41, 5.74) is 0.911. The number of aliphatic carboxylic acids is 1. The van der Waals surface area contributed by atoms with Crippen LogP contribution in [0.3, 0.4) is 0 Å². The topological polar surface area (TPSA) is 58.6 Å². The Kier molecular flexibility index (Phi) is 5.28. The molecular formula is C12H16BrNO3. The third-order valence-electron chi connectivity index (χ3n) is 2.31. The Labute approximate surface area is 109 Å². The van der Waals surface area contributed by atoms with Crippen LogP contribution in [0.15, 0.2) is 22.7 Å². The first kappa shape index (κ1) is 13.8. The van der Waals surface area contributed by atoms with E-state index >= 15 is 0 Å². The lowest BCUT2D eigenvalue weighted by Crippen LogP contribution is -2.16. The van der Waals surface area contributed by atoms with E-state index in [2.05, 4.69) is 21.2 Å². The summed E-state index contributed by atoms with van der Waals surface area (Å²) < 4.78 is 6.07. The number of ether oxygens (including phenoxy) is 1. The highest BCUT2D eigenvalue weighted by molar-refractivity contribution is 9.10. The summed E-state index contributed by atoms with van der Waals surface area (Å²) in [4.78, 5) is 10.5. The molecule has 0 bridgehead atoms. The van der Waals surface area contributed by atoms with Gasteiger partial charge in [0.2, 0.25) is 0 Å². The molecule has 1 unspecified atom stereocenters. The SMILES string of the molecule is COc1cc(Br)cc(NC(C)CCC(=O)O)c1. The molecule has 94 valence electrons. The number of rotatable bonds is 6. The molecule has 0 aromatic heterocycles. The Morgan fingerprint density at radius 2 is 2.24 bits per heavy atom. The van der Waals surface area contributed by atoms with Gasteiger partial charge in [-0.25, -0.2) is 0 Å². The maximum Gasteiger partial charge on any atom is 0.303 e. The summed E-state index contributed by atoms with van der Waals surface area (Å²) in [5.74, 6) is -0.0159. The van der Waals surface area contributed by atoms with Crippen LogP contribution in [0, 0.1) is 0 Å². The van der Waals surface area contributed by atoms with Gasteiger partial charge in [0, 0.05) is 28.7 Å². The number of methoxy groups -OCH3 is 1. The molecule has 0 aliphatic heterocycles. The van der Waals surface area contributed by atoms with Crippen molar-refractivity contribution in [3.05, 3.63) is 22.7 Å². The first-order valence-electron chi connectivity index (χ1n) is 5.34. The predicted molar refractivity (Wildman–Crippen MR) is 70.6 cm³/mol. The quantitative estimate of drug-likeness (QED) is 0.847. The number of hydrogen-bond acceptors (Lipinski definition) is 3. The molecule has 0 heterocycles. The van der Waals surface area contributed by atoms with Crippen LogP contribution in [0.4, 0.5) is 5.69 Å². The van der Waals surface area contributed by atoms with Gasteiger partial charge in [-0.05, 0) is 25.5 Å². The van der Waals surface area contributed by atoms with E-state index in [9.17, 15) is 4.79 Å². The summed E-state index contributed by atoms with van der Waals surface area (Å²) >= 11 is 3.39. The number of halogens is 1. The van der Waals surface area contributed by atoms with Crippen LogP contribution in [0.1, 0.15) is 19.8 Å². The zero-order valence-electron chi connectivity index (χ0n) is 9.87. The van der Waals surface area contributed by atoms with Crippen molar-refractivity contribution in [2.24, 2.45) is 0 Å². The van der Waals surface area contributed by atoms with Crippen LogP contribution in [-0.4, -0.2) is 24.2 Å². The van der Waals surface area contributed by atoms with Gasteiger partial charge in [0.25, 0.3) is 0 Å². The first-order valence-corrected chi connectivity index (χ1v) is 6.13. The van der Waals surface area contributed by atoms with E-state index in [1.54, 1.807) is 7.11 Å². The largest absolute Gasteiger partial charge is 0.497 e. The molecule has 5 heteroatoms. The Hall–Kier alpha value is -1.23. The van der Waals surface area contributed by atoms with Gasteiger partial charge in [-0.2, -0.15) is 0 Å². The molecule has 2 N–H and O–H groups in total. The second kappa shape index (κ2) is 6.49. The van der Waals surface area contributed by atoms with Crippen LogP contribution in [0.25, 0.3) is 0 Å². The summed E-state index contributed by atoms with van der Waals surface area (Å²) in [5, 5.41) is 11.8. The van der Waals surface area contributed by atoms with Gasteiger partial charge in [-0.3, -0.25) is 4.79 Å². The highest BCUT2D eigenvalue weighted by Gasteiger charge is 2.06. The van der Waals surface area contributed by atoms with Crippen molar-refractivity contribution < 1.29 is 14.6 Å². The van der Waals surface area contributed by atoms with E-state index in [0.717, 1.165) is 15.9 Å². The molecule has 1 aromatic carbocycles. The summed E-state index contributed by atoms with van der Waals surface area (Å²) in [6.07, 6.45) is 0.753. The minimum atomic E-state index is -0.773. The highest BCUT2D eigenvalue weighted by atomic mass is 79.9. The third kappa shape index (κ3) is 5.08. The van der Waals surface area contributed by atoms with Crippen LogP contribution in [0.5, 0.6) is 5.75 Å². The summed E-state index contributed by atoms with van der Waals surface area (Å²) in [7, 11) is 1.61. The summed E-state index contributed by atoms with van der Waals surface area (Å²) in [6, 6.07) is 5.78. The normalized spacial score (nSPS) is 11.9.